The highest BCUT2D eigenvalue weighted by atomic mass is 16.3. The molecule has 3 rings (SSSR count). The van der Waals surface area contributed by atoms with E-state index in [2.05, 4.69) is 28.1 Å². The van der Waals surface area contributed by atoms with Gasteiger partial charge in [0, 0.05) is 43.2 Å². The van der Waals surface area contributed by atoms with Gasteiger partial charge in [0.05, 0.1) is 11.7 Å². The molecule has 1 aliphatic heterocycles. The summed E-state index contributed by atoms with van der Waals surface area (Å²) in [6.07, 6.45) is 4.20. The van der Waals surface area contributed by atoms with Crippen LogP contribution in [0.1, 0.15) is 31.4 Å². The predicted octanol–water partition coefficient (Wildman–Crippen LogP) is 2.54. The van der Waals surface area contributed by atoms with E-state index in [1.165, 1.54) is 5.56 Å². The molecule has 2 heterocycles. The summed E-state index contributed by atoms with van der Waals surface area (Å²) in [7, 11) is 0. The number of aliphatic hydroxyl groups is 2. The molecule has 1 aromatic carbocycles. The molecule has 4 heteroatoms. The van der Waals surface area contributed by atoms with Crippen molar-refractivity contribution in [1.82, 2.24) is 9.88 Å². The Kier molecular flexibility index (Phi) is 4.48. The van der Waals surface area contributed by atoms with Crippen LogP contribution in [-0.4, -0.2) is 39.3 Å². The van der Waals surface area contributed by atoms with Gasteiger partial charge in [0.15, 0.2) is 0 Å². The minimum Gasteiger partial charge on any atom is -0.392 e. The van der Waals surface area contributed by atoms with E-state index < -0.39 is 5.60 Å². The van der Waals surface area contributed by atoms with Crippen LogP contribution in [0.25, 0.3) is 11.1 Å². The van der Waals surface area contributed by atoms with Gasteiger partial charge in [-0.1, -0.05) is 18.2 Å². The molecular weight excluding hydrogens is 288 g/mol. The zero-order valence-corrected chi connectivity index (χ0v) is 13.7. The van der Waals surface area contributed by atoms with E-state index in [1.807, 2.05) is 18.3 Å². The van der Waals surface area contributed by atoms with E-state index in [9.17, 15) is 10.2 Å². The fraction of sp³-hybridized carbons (Fsp3) is 0.421. The molecule has 0 radical (unpaired) electrons. The van der Waals surface area contributed by atoms with Gasteiger partial charge in [-0.05, 0) is 43.5 Å². The quantitative estimate of drug-likeness (QED) is 0.911. The number of hydrogen-bond acceptors (Lipinski definition) is 4. The van der Waals surface area contributed by atoms with Crippen molar-refractivity contribution in [2.75, 3.05) is 13.1 Å². The third kappa shape index (κ3) is 3.96. The summed E-state index contributed by atoms with van der Waals surface area (Å²) in [4.78, 5) is 6.54. The van der Waals surface area contributed by atoms with Crippen LogP contribution in [-0.2, 0) is 12.1 Å². The first-order chi connectivity index (χ1) is 10.9. The van der Waals surface area contributed by atoms with Gasteiger partial charge in [0.1, 0.15) is 0 Å². The van der Waals surface area contributed by atoms with E-state index in [4.69, 9.17) is 0 Å². The maximum Gasteiger partial charge on any atom is 0.0855 e. The van der Waals surface area contributed by atoms with Gasteiger partial charge in [-0.3, -0.25) is 9.88 Å². The lowest BCUT2D eigenvalue weighted by molar-refractivity contribution is 0.0783. The maximum atomic E-state index is 10.2. The summed E-state index contributed by atoms with van der Waals surface area (Å²) in [6, 6.07) is 10.4. The second-order valence-electron chi connectivity index (χ2n) is 6.90. The molecule has 122 valence electrons. The largest absolute Gasteiger partial charge is 0.392 e. The number of aromatic nitrogens is 1. The summed E-state index contributed by atoms with van der Waals surface area (Å²) < 4.78 is 0. The number of likely N-dealkylation sites (tertiary alicyclic amines) is 1. The molecule has 4 nitrogen and oxygen atoms in total. The minimum atomic E-state index is -0.897. The molecule has 0 spiro atoms. The molecule has 0 aliphatic carbocycles. The number of rotatable bonds is 4. The van der Waals surface area contributed by atoms with Crippen LogP contribution in [0.3, 0.4) is 0 Å². The lowest BCUT2D eigenvalue weighted by atomic mass is 9.96. The van der Waals surface area contributed by atoms with Gasteiger partial charge in [0.25, 0.3) is 0 Å². The normalized spacial score (nSPS) is 19.2. The van der Waals surface area contributed by atoms with Gasteiger partial charge in [-0.25, -0.2) is 0 Å². The number of nitrogens with zero attached hydrogens (tertiary/aromatic N) is 2. The number of hydrogen-bond donors (Lipinski definition) is 2. The van der Waals surface area contributed by atoms with E-state index in [1.54, 1.807) is 20.0 Å². The molecule has 1 aromatic heterocycles. The van der Waals surface area contributed by atoms with Gasteiger partial charge < -0.3 is 10.2 Å². The van der Waals surface area contributed by atoms with Crippen molar-refractivity contribution in [3.05, 3.63) is 53.9 Å². The Hall–Kier alpha value is -1.75. The fourth-order valence-corrected chi connectivity index (χ4v) is 3.00. The summed E-state index contributed by atoms with van der Waals surface area (Å²) in [5.74, 6) is 0. The van der Waals surface area contributed by atoms with Crippen LogP contribution in [0.4, 0.5) is 0 Å². The predicted molar refractivity (Wildman–Crippen MR) is 90.8 cm³/mol. The molecule has 1 fully saturated rings. The van der Waals surface area contributed by atoms with Gasteiger partial charge >= 0.3 is 0 Å². The third-order valence-electron chi connectivity index (χ3n) is 4.36. The summed E-state index contributed by atoms with van der Waals surface area (Å²) >= 11 is 0. The Bertz CT molecular complexity index is 679. The number of aliphatic hydroxyl groups excluding tert-OH is 1. The van der Waals surface area contributed by atoms with Crippen molar-refractivity contribution < 1.29 is 10.2 Å². The second-order valence-corrected chi connectivity index (χ2v) is 6.90. The zero-order valence-electron chi connectivity index (χ0n) is 13.7. The fourth-order valence-electron chi connectivity index (χ4n) is 3.00. The van der Waals surface area contributed by atoms with Crippen LogP contribution in [0.15, 0.2) is 42.7 Å². The summed E-state index contributed by atoms with van der Waals surface area (Å²) in [5.41, 5.74) is 3.24. The lowest BCUT2D eigenvalue weighted by Gasteiger charge is -2.18. The topological polar surface area (TPSA) is 56.6 Å². The summed E-state index contributed by atoms with van der Waals surface area (Å²) in [6.45, 7) is 6.08. The van der Waals surface area contributed by atoms with E-state index in [0.717, 1.165) is 42.7 Å². The molecule has 2 aromatic rings. The van der Waals surface area contributed by atoms with Crippen LogP contribution in [0, 0.1) is 0 Å². The average molecular weight is 312 g/mol. The highest BCUT2D eigenvalue weighted by Gasteiger charge is 2.20. The summed E-state index contributed by atoms with van der Waals surface area (Å²) in [5, 5.41) is 19.8. The first-order valence-electron chi connectivity index (χ1n) is 8.09. The van der Waals surface area contributed by atoms with Gasteiger partial charge in [-0.15, -0.1) is 0 Å². The van der Waals surface area contributed by atoms with Crippen molar-refractivity contribution in [2.45, 2.75) is 38.5 Å². The standard InChI is InChI=1S/C19H24N2O2/c1-19(2,23)17-9-16(10-20-11-17)15-5-3-4-14(8-15)12-21-7-6-18(22)13-21/h3-5,8-11,18,22-23H,6-7,12-13H2,1-2H3/t18-/m0/s1. The number of pyridine rings is 1. The highest BCUT2D eigenvalue weighted by Crippen LogP contribution is 2.26. The Morgan fingerprint density at radius 1 is 1.22 bits per heavy atom. The van der Waals surface area contributed by atoms with Crippen LogP contribution >= 0.6 is 0 Å². The Morgan fingerprint density at radius 2 is 2.04 bits per heavy atom. The number of benzene rings is 1. The molecule has 0 bridgehead atoms. The monoisotopic (exact) mass is 312 g/mol. The maximum absolute atomic E-state index is 10.2. The highest BCUT2D eigenvalue weighted by molar-refractivity contribution is 5.64. The van der Waals surface area contributed by atoms with Gasteiger partial charge in [-0.2, -0.15) is 0 Å². The Labute approximate surface area is 137 Å². The zero-order chi connectivity index (χ0) is 16.4. The second kappa shape index (κ2) is 6.40. The van der Waals surface area contributed by atoms with Crippen molar-refractivity contribution in [2.24, 2.45) is 0 Å². The molecule has 0 amide bonds. The molecule has 0 saturated carbocycles. The molecule has 1 atom stereocenters. The van der Waals surface area contributed by atoms with Crippen LogP contribution in [0.5, 0.6) is 0 Å². The molecular formula is C19H24N2O2. The Morgan fingerprint density at radius 3 is 2.74 bits per heavy atom. The SMILES string of the molecule is CC(C)(O)c1cncc(-c2cccc(CN3CC[C@H](O)C3)c2)c1. The van der Waals surface area contributed by atoms with E-state index >= 15 is 0 Å². The molecule has 1 aliphatic rings. The minimum absolute atomic E-state index is 0.189. The van der Waals surface area contributed by atoms with Crippen LogP contribution in [0.2, 0.25) is 0 Å². The molecule has 2 N–H and O–H groups in total. The van der Waals surface area contributed by atoms with Crippen molar-refractivity contribution in [3.63, 3.8) is 0 Å². The first-order valence-corrected chi connectivity index (χ1v) is 8.09. The smallest absolute Gasteiger partial charge is 0.0855 e. The third-order valence-corrected chi connectivity index (χ3v) is 4.36. The van der Waals surface area contributed by atoms with E-state index in [0.29, 0.717) is 0 Å². The van der Waals surface area contributed by atoms with Crippen LogP contribution < -0.4 is 0 Å². The average Bonchev–Trinajstić information content (AvgIpc) is 2.92. The lowest BCUT2D eigenvalue weighted by Crippen LogP contribution is -2.21. The molecule has 1 saturated heterocycles. The van der Waals surface area contributed by atoms with Crippen molar-refractivity contribution >= 4 is 0 Å². The molecule has 23 heavy (non-hydrogen) atoms. The van der Waals surface area contributed by atoms with E-state index in [-0.39, 0.29) is 6.10 Å². The van der Waals surface area contributed by atoms with Gasteiger partial charge in [0.2, 0.25) is 0 Å². The molecule has 0 unspecified atom stereocenters. The van der Waals surface area contributed by atoms with Crippen molar-refractivity contribution in [1.29, 1.82) is 0 Å². The Balaban J connectivity index is 1.82. The van der Waals surface area contributed by atoms with Crippen molar-refractivity contribution in [3.8, 4) is 11.1 Å². The number of β-amino-alcohol motifs (C(OH)–C–C–N with tert-alkyl or cyclic N) is 1. The first kappa shape index (κ1) is 16.1.